The molecular weight excluding hydrogens is 446 g/mol. The first-order chi connectivity index (χ1) is 12.8. The summed E-state index contributed by atoms with van der Waals surface area (Å²) in [6.45, 7) is 0. The molecule has 0 atom stereocenters. The monoisotopic (exact) mass is 461 g/mol. The molecule has 3 aromatic rings. The van der Waals surface area contributed by atoms with Gasteiger partial charge in [-0.05, 0) is 72.8 Å². The summed E-state index contributed by atoms with van der Waals surface area (Å²) in [6, 6.07) is 21.5. The minimum atomic E-state index is -3.27. The van der Waals surface area contributed by atoms with Crippen molar-refractivity contribution in [3.8, 4) is 0 Å². The zero-order chi connectivity index (χ0) is 19.4. The molecule has 1 N–H and O–H groups in total. The summed E-state index contributed by atoms with van der Waals surface area (Å²) in [5.74, 6) is -0.289. The number of anilines is 1. The normalized spacial score (nSPS) is 11.2. The maximum Gasteiger partial charge on any atom is 0.255 e. The third-order valence-corrected chi connectivity index (χ3v) is 6.38. The van der Waals surface area contributed by atoms with Crippen LogP contribution in [-0.4, -0.2) is 20.6 Å². The predicted molar refractivity (Wildman–Crippen MR) is 112 cm³/mol. The smallest absolute Gasteiger partial charge is 0.255 e. The molecule has 0 aromatic heterocycles. The van der Waals surface area contributed by atoms with Gasteiger partial charge in [0.05, 0.1) is 4.90 Å². The summed E-state index contributed by atoms with van der Waals surface area (Å²) in [7, 11) is -3.27. The minimum absolute atomic E-state index is 0.188. The van der Waals surface area contributed by atoms with Crippen molar-refractivity contribution in [3.05, 3.63) is 82.8 Å². The number of amides is 1. The van der Waals surface area contributed by atoms with Gasteiger partial charge in [-0.25, -0.2) is 8.42 Å². The lowest BCUT2D eigenvalue weighted by molar-refractivity contribution is 0.102. The Labute approximate surface area is 171 Å². The Morgan fingerprint density at radius 2 is 1.37 bits per heavy atom. The highest BCUT2D eigenvalue weighted by molar-refractivity contribution is 9.10. The largest absolute Gasteiger partial charge is 0.322 e. The molecule has 0 heterocycles. The zero-order valence-electron chi connectivity index (χ0n) is 14.3. The van der Waals surface area contributed by atoms with Crippen molar-refractivity contribution in [1.82, 2.24) is 0 Å². The van der Waals surface area contributed by atoms with Crippen LogP contribution in [0.4, 0.5) is 5.69 Å². The van der Waals surface area contributed by atoms with Crippen molar-refractivity contribution >= 4 is 49.1 Å². The van der Waals surface area contributed by atoms with E-state index in [0.717, 1.165) is 20.5 Å². The van der Waals surface area contributed by atoms with E-state index in [1.807, 2.05) is 48.5 Å². The Hall–Kier alpha value is -2.09. The number of hydrogen-bond acceptors (Lipinski definition) is 4. The molecule has 0 unspecified atom stereocenters. The van der Waals surface area contributed by atoms with Gasteiger partial charge < -0.3 is 5.32 Å². The summed E-state index contributed by atoms with van der Waals surface area (Å²) in [4.78, 5) is 14.7. The van der Waals surface area contributed by atoms with Crippen molar-refractivity contribution in [2.45, 2.75) is 14.7 Å². The van der Waals surface area contributed by atoms with Gasteiger partial charge in [-0.15, -0.1) is 0 Å². The third kappa shape index (κ3) is 5.45. The number of carbonyl (C=O) groups excluding carboxylic acids is 1. The average Bonchev–Trinajstić information content (AvgIpc) is 2.64. The van der Waals surface area contributed by atoms with Crippen molar-refractivity contribution in [2.75, 3.05) is 11.6 Å². The summed E-state index contributed by atoms with van der Waals surface area (Å²) >= 11 is 5.05. The van der Waals surface area contributed by atoms with E-state index in [1.165, 1.54) is 24.3 Å². The van der Waals surface area contributed by atoms with E-state index in [0.29, 0.717) is 11.3 Å². The molecule has 3 rings (SSSR count). The fraction of sp³-hybridized carbons (Fsp3) is 0.0500. The van der Waals surface area contributed by atoms with Crippen LogP contribution < -0.4 is 5.32 Å². The van der Waals surface area contributed by atoms with Crippen molar-refractivity contribution < 1.29 is 13.2 Å². The number of halogens is 1. The Kier molecular flexibility index (Phi) is 6.04. The molecule has 7 heteroatoms. The second kappa shape index (κ2) is 8.29. The SMILES string of the molecule is CS(=O)(=O)c1ccc(C(=O)Nc2ccc(Sc3ccc(Br)cc3)cc2)cc1. The minimum Gasteiger partial charge on any atom is -0.322 e. The van der Waals surface area contributed by atoms with E-state index in [1.54, 1.807) is 11.8 Å². The van der Waals surface area contributed by atoms with Crippen LogP contribution in [0.2, 0.25) is 0 Å². The van der Waals surface area contributed by atoms with E-state index < -0.39 is 9.84 Å². The van der Waals surface area contributed by atoms with Crippen molar-refractivity contribution in [1.29, 1.82) is 0 Å². The molecule has 0 aliphatic carbocycles. The van der Waals surface area contributed by atoms with Gasteiger partial charge in [0.15, 0.2) is 9.84 Å². The van der Waals surface area contributed by atoms with Crippen LogP contribution in [0.3, 0.4) is 0 Å². The Bertz CT molecular complexity index is 1050. The standard InChI is InChI=1S/C20H16BrNO3S2/c1-27(24,25)19-12-2-14(3-13-19)20(23)22-16-6-10-18(11-7-16)26-17-8-4-15(21)5-9-17/h2-13H,1H3,(H,22,23). The van der Waals surface area contributed by atoms with E-state index in [2.05, 4.69) is 21.2 Å². The van der Waals surface area contributed by atoms with Crippen LogP contribution in [0.1, 0.15) is 10.4 Å². The molecule has 138 valence electrons. The molecule has 27 heavy (non-hydrogen) atoms. The highest BCUT2D eigenvalue weighted by atomic mass is 79.9. The Morgan fingerprint density at radius 3 is 1.89 bits per heavy atom. The first kappa shape index (κ1) is 19.7. The lowest BCUT2D eigenvalue weighted by Crippen LogP contribution is -2.12. The number of rotatable bonds is 5. The van der Waals surface area contributed by atoms with E-state index in [9.17, 15) is 13.2 Å². The molecule has 3 aromatic carbocycles. The van der Waals surface area contributed by atoms with Gasteiger partial charge in [-0.2, -0.15) is 0 Å². The molecule has 0 spiro atoms. The van der Waals surface area contributed by atoms with Crippen molar-refractivity contribution in [2.24, 2.45) is 0 Å². The predicted octanol–water partition coefficient (Wildman–Crippen LogP) is 5.26. The zero-order valence-corrected chi connectivity index (χ0v) is 17.6. The van der Waals surface area contributed by atoms with Gasteiger partial charge >= 0.3 is 0 Å². The first-order valence-corrected chi connectivity index (χ1v) is 11.5. The first-order valence-electron chi connectivity index (χ1n) is 7.96. The van der Waals surface area contributed by atoms with Gasteiger partial charge in [0.1, 0.15) is 0 Å². The quantitative estimate of drug-likeness (QED) is 0.562. The number of hydrogen-bond donors (Lipinski definition) is 1. The van der Waals surface area contributed by atoms with Crippen LogP contribution in [0, 0.1) is 0 Å². The van der Waals surface area contributed by atoms with E-state index in [4.69, 9.17) is 0 Å². The number of carbonyl (C=O) groups is 1. The van der Waals surface area contributed by atoms with Crippen LogP contribution in [0.15, 0.2) is 92.0 Å². The second-order valence-corrected chi connectivity index (χ2v) is 9.91. The number of sulfone groups is 1. The van der Waals surface area contributed by atoms with Crippen LogP contribution in [0.5, 0.6) is 0 Å². The molecule has 0 saturated heterocycles. The molecule has 1 amide bonds. The van der Waals surface area contributed by atoms with Crippen LogP contribution in [-0.2, 0) is 9.84 Å². The Balaban J connectivity index is 1.65. The van der Waals surface area contributed by atoms with Crippen molar-refractivity contribution in [3.63, 3.8) is 0 Å². The lowest BCUT2D eigenvalue weighted by atomic mass is 10.2. The summed E-state index contributed by atoms with van der Waals surface area (Å²) in [5.41, 5.74) is 1.07. The number of nitrogens with one attached hydrogen (secondary N) is 1. The fourth-order valence-corrected chi connectivity index (χ4v) is 4.01. The molecule has 0 aliphatic rings. The highest BCUT2D eigenvalue weighted by Crippen LogP contribution is 2.29. The molecule has 0 aliphatic heterocycles. The maximum absolute atomic E-state index is 12.3. The van der Waals surface area contributed by atoms with Gasteiger partial charge in [0.25, 0.3) is 5.91 Å². The van der Waals surface area contributed by atoms with Gasteiger partial charge in [0, 0.05) is 31.8 Å². The molecule has 0 radical (unpaired) electrons. The summed E-state index contributed by atoms with van der Waals surface area (Å²) in [6.07, 6.45) is 1.13. The average molecular weight is 462 g/mol. The van der Waals surface area contributed by atoms with E-state index >= 15 is 0 Å². The van der Waals surface area contributed by atoms with E-state index in [-0.39, 0.29) is 10.8 Å². The third-order valence-electron chi connectivity index (χ3n) is 3.71. The molecule has 0 bridgehead atoms. The Morgan fingerprint density at radius 1 is 0.852 bits per heavy atom. The molecule has 4 nitrogen and oxygen atoms in total. The molecular formula is C20H16BrNO3S2. The van der Waals surface area contributed by atoms with Crippen LogP contribution in [0.25, 0.3) is 0 Å². The number of benzene rings is 3. The molecule has 0 saturated carbocycles. The highest BCUT2D eigenvalue weighted by Gasteiger charge is 2.10. The maximum atomic E-state index is 12.3. The van der Waals surface area contributed by atoms with Gasteiger partial charge in [0.2, 0.25) is 0 Å². The van der Waals surface area contributed by atoms with Gasteiger partial charge in [-0.3, -0.25) is 4.79 Å². The lowest BCUT2D eigenvalue weighted by Gasteiger charge is -2.07. The van der Waals surface area contributed by atoms with Gasteiger partial charge in [-0.1, -0.05) is 27.7 Å². The second-order valence-electron chi connectivity index (χ2n) is 5.83. The topological polar surface area (TPSA) is 63.2 Å². The summed E-state index contributed by atoms with van der Waals surface area (Å²) < 4.78 is 24.0. The fourth-order valence-electron chi connectivity index (χ4n) is 2.30. The summed E-state index contributed by atoms with van der Waals surface area (Å²) in [5, 5.41) is 2.81. The van der Waals surface area contributed by atoms with Crippen LogP contribution >= 0.6 is 27.7 Å². The molecule has 0 fully saturated rings.